The molecule has 163 valence electrons. The molecule has 2 nitrogen and oxygen atoms in total. The number of hydrogen-bond acceptors (Lipinski definition) is 3. The van der Waals surface area contributed by atoms with E-state index in [-0.39, 0.29) is 54.7 Å². The number of benzene rings is 3. The molecule has 4 heteroatoms. The summed E-state index contributed by atoms with van der Waals surface area (Å²) in [6, 6.07) is 13.5. The summed E-state index contributed by atoms with van der Waals surface area (Å²) >= 11 is 1.58. The molecule has 3 heterocycles. The first-order chi connectivity index (χ1) is 21.1. The van der Waals surface area contributed by atoms with E-state index >= 15 is 0 Å². The Hall–Kier alpha value is -3.17. The molecule has 6 aromatic rings. The molecule has 3 aromatic carbocycles. The molecule has 6 rings (SSSR count). The number of rotatable bonds is 2. The van der Waals surface area contributed by atoms with Crippen molar-refractivity contribution in [1.82, 2.24) is 9.97 Å². The van der Waals surface area contributed by atoms with Gasteiger partial charge in [-0.3, -0.25) is 0 Å². The van der Waals surface area contributed by atoms with E-state index in [1.54, 1.807) is 17.4 Å². The monoisotopic (exact) mass is 634 g/mol. The molecule has 0 fully saturated rings. The average Bonchev–Trinajstić information content (AvgIpc) is 3.39. The molecule has 0 atom stereocenters. The topological polar surface area (TPSA) is 25.8 Å². The maximum absolute atomic E-state index is 8.25. The number of thiophene rings is 1. The molecule has 0 amide bonds. The standard InChI is InChI=1S/C18H12NS.C11H8N.Ir/c1-12-9-10-16(19-11-12)15-7-4-6-14-13-5-2-3-8-17(13)20-18(14)15;1-2-6-10(7-3-1)11-8-4-5-9-12-11;/h2-6,8-11H,1H3;1-6,8-9H;/q2*-1;/i1D3,9D,10D;1D,2D,3D,4D,5D,6D,8D,9D;. The van der Waals surface area contributed by atoms with Crippen molar-refractivity contribution in [3.8, 4) is 22.5 Å². The van der Waals surface area contributed by atoms with Gasteiger partial charge >= 0.3 is 0 Å². The van der Waals surface area contributed by atoms with Crippen molar-refractivity contribution in [2.75, 3.05) is 0 Å². The third-order valence-corrected chi connectivity index (χ3v) is 5.62. The fourth-order valence-electron chi connectivity index (χ4n) is 3.03. The van der Waals surface area contributed by atoms with Gasteiger partial charge in [-0.2, -0.15) is 11.3 Å². The molecule has 0 spiro atoms. The molecular formula is C29H20IrN2S-2. The maximum atomic E-state index is 8.25. The van der Waals surface area contributed by atoms with Gasteiger partial charge in [-0.05, 0) is 48.7 Å². The summed E-state index contributed by atoms with van der Waals surface area (Å²) in [7, 11) is 0. The van der Waals surface area contributed by atoms with Crippen molar-refractivity contribution in [3.05, 3.63) is 121 Å². The van der Waals surface area contributed by atoms with E-state index in [1.165, 1.54) is 6.20 Å². The molecule has 1 radical (unpaired) electrons. The van der Waals surface area contributed by atoms with Gasteiger partial charge in [0.25, 0.3) is 0 Å². The van der Waals surface area contributed by atoms with Crippen LogP contribution in [0.1, 0.15) is 23.4 Å². The van der Waals surface area contributed by atoms with Crippen LogP contribution in [-0.2, 0) is 20.1 Å². The molecule has 0 bridgehead atoms. The molecule has 0 aliphatic carbocycles. The minimum absolute atomic E-state index is 0. The summed E-state index contributed by atoms with van der Waals surface area (Å²) < 4.78 is 101. The summed E-state index contributed by atoms with van der Waals surface area (Å²) in [5.41, 5.74) is 0.292. The molecule has 0 saturated heterocycles. The van der Waals surface area contributed by atoms with Crippen LogP contribution in [0.25, 0.3) is 42.7 Å². The van der Waals surface area contributed by atoms with Crippen molar-refractivity contribution in [2.45, 2.75) is 6.85 Å². The third-order valence-electron chi connectivity index (χ3n) is 4.42. The number of fused-ring (bicyclic) bond motifs is 3. The zero-order valence-electron chi connectivity index (χ0n) is 29.7. The SMILES string of the molecule is [2H]c1[c-]c(-c2nc([2H])c([2H])c([2H])c2[2H])c([2H])c([2H])c1[2H].[2H]c1c(C([2H])([2H])[2H])cnc(-c2[c-]ccc3c2sc2ccccc23)c1[2H].[Ir]. The largest absolute Gasteiger partial charge is 0.305 e. The van der Waals surface area contributed by atoms with Crippen molar-refractivity contribution in [2.24, 2.45) is 0 Å². The van der Waals surface area contributed by atoms with Gasteiger partial charge in [-0.15, -0.1) is 59.6 Å². The third kappa shape index (κ3) is 5.09. The minimum Gasteiger partial charge on any atom is -0.305 e. The summed E-state index contributed by atoms with van der Waals surface area (Å²) in [4.78, 5) is 7.87. The van der Waals surface area contributed by atoms with E-state index < -0.39 is 55.3 Å². The van der Waals surface area contributed by atoms with Gasteiger partial charge in [0.15, 0.2) is 0 Å². The Kier molecular flexibility index (Phi) is 3.80. The zero-order valence-corrected chi connectivity index (χ0v) is 19.9. The Morgan fingerprint density at radius 2 is 1.79 bits per heavy atom. The second-order valence-corrected chi connectivity index (χ2v) is 7.46. The van der Waals surface area contributed by atoms with Crippen LogP contribution in [-0.4, -0.2) is 9.97 Å². The van der Waals surface area contributed by atoms with Gasteiger partial charge in [0.2, 0.25) is 0 Å². The molecule has 0 aliphatic heterocycles. The summed E-state index contributed by atoms with van der Waals surface area (Å²) in [6.07, 6.45) is 0.657. The van der Waals surface area contributed by atoms with Gasteiger partial charge < -0.3 is 9.97 Å². The second-order valence-electron chi connectivity index (χ2n) is 6.41. The zero-order chi connectivity index (χ0) is 33.0. The van der Waals surface area contributed by atoms with Gasteiger partial charge in [-0.1, -0.05) is 47.8 Å². The second kappa shape index (κ2) is 10.6. The van der Waals surface area contributed by atoms with Crippen LogP contribution < -0.4 is 0 Å². The van der Waals surface area contributed by atoms with Crippen molar-refractivity contribution in [1.29, 1.82) is 0 Å². The molecule has 33 heavy (non-hydrogen) atoms. The number of aromatic nitrogens is 2. The van der Waals surface area contributed by atoms with Crippen molar-refractivity contribution >= 4 is 31.5 Å². The number of nitrogens with zero attached hydrogens (tertiary/aromatic N) is 2. The van der Waals surface area contributed by atoms with E-state index in [0.29, 0.717) is 5.56 Å². The number of aryl methyl sites for hydroxylation is 1. The first-order valence-corrected chi connectivity index (χ1v) is 10.2. The average molecular weight is 634 g/mol. The van der Waals surface area contributed by atoms with Crippen LogP contribution >= 0.6 is 11.3 Å². The molecule has 3 aromatic heterocycles. The quantitative estimate of drug-likeness (QED) is 0.182. The van der Waals surface area contributed by atoms with Crippen molar-refractivity contribution in [3.63, 3.8) is 0 Å². The molecule has 0 unspecified atom stereocenters. The Labute approximate surface area is 229 Å². The first-order valence-electron chi connectivity index (χ1n) is 15.9. The van der Waals surface area contributed by atoms with Crippen LogP contribution in [0.15, 0.2) is 103 Å². The number of hydrogen-bond donors (Lipinski definition) is 0. The minimum atomic E-state index is -2.45. The normalized spacial score (nSPS) is 16.3. The van der Waals surface area contributed by atoms with Gasteiger partial charge in [-0.25, -0.2) is 0 Å². The Balaban J connectivity index is 0.000000210. The van der Waals surface area contributed by atoms with Crippen LogP contribution in [0.5, 0.6) is 0 Å². The Morgan fingerprint density at radius 3 is 2.73 bits per heavy atom. The molecular weight excluding hydrogens is 601 g/mol. The molecule has 0 saturated carbocycles. The van der Waals surface area contributed by atoms with E-state index in [2.05, 4.69) is 22.1 Å². The van der Waals surface area contributed by atoms with Gasteiger partial charge in [0, 0.05) is 44.0 Å². The van der Waals surface area contributed by atoms with Crippen LogP contribution in [0.3, 0.4) is 0 Å². The fourth-order valence-corrected chi connectivity index (χ4v) is 4.23. The van der Waals surface area contributed by atoms with E-state index in [9.17, 15) is 0 Å². The van der Waals surface area contributed by atoms with Gasteiger partial charge in [0.05, 0.1) is 8.22 Å². The smallest absolute Gasteiger partial charge is 0.0830 e. The summed E-state index contributed by atoms with van der Waals surface area (Å²) in [5, 5.41) is 2.16. The molecule has 0 aliphatic rings. The van der Waals surface area contributed by atoms with Crippen LogP contribution in [0.4, 0.5) is 0 Å². The number of pyridine rings is 2. The van der Waals surface area contributed by atoms with E-state index in [0.717, 1.165) is 20.2 Å². The first kappa shape index (κ1) is 11.8. The molecule has 0 N–H and O–H groups in total. The maximum Gasteiger partial charge on any atom is 0.0830 e. The summed E-state index contributed by atoms with van der Waals surface area (Å²) in [5.74, 6) is 0. The van der Waals surface area contributed by atoms with Crippen molar-refractivity contribution < 1.29 is 37.9 Å². The van der Waals surface area contributed by atoms with Crippen LogP contribution in [0.2, 0.25) is 0 Å². The van der Waals surface area contributed by atoms with E-state index in [1.807, 2.05) is 30.3 Å². The van der Waals surface area contributed by atoms with Crippen LogP contribution in [0, 0.1) is 19.0 Å². The fraction of sp³-hybridized carbons (Fsp3) is 0.0345. The Bertz CT molecular complexity index is 2070. The Morgan fingerprint density at radius 1 is 0.879 bits per heavy atom. The summed E-state index contributed by atoms with van der Waals surface area (Å²) in [6.45, 7) is -2.45. The van der Waals surface area contributed by atoms with Gasteiger partial charge in [0.1, 0.15) is 0 Å². The predicted molar refractivity (Wildman–Crippen MR) is 135 cm³/mol. The van der Waals surface area contributed by atoms with E-state index in [4.69, 9.17) is 17.8 Å². The predicted octanol–water partition coefficient (Wildman–Crippen LogP) is 7.77.